The van der Waals surface area contributed by atoms with Gasteiger partial charge < -0.3 is 15.3 Å². The third-order valence-corrected chi connectivity index (χ3v) is 3.05. The van der Waals surface area contributed by atoms with E-state index in [2.05, 4.69) is 5.32 Å². The number of hydrogen-bond acceptors (Lipinski definition) is 3. The first kappa shape index (κ1) is 14.9. The fraction of sp³-hybridized carbons (Fsp3) is 0.0667. The number of halogens is 1. The molecule has 0 fully saturated rings. The molecule has 5 nitrogen and oxygen atoms in total. The van der Waals surface area contributed by atoms with E-state index < -0.39 is 11.8 Å². The highest BCUT2D eigenvalue weighted by atomic mass is 35.5. The van der Waals surface area contributed by atoms with Gasteiger partial charge in [-0.1, -0.05) is 17.7 Å². The van der Waals surface area contributed by atoms with Crippen LogP contribution >= 0.6 is 11.6 Å². The van der Waals surface area contributed by atoms with Gasteiger partial charge in [0, 0.05) is 23.4 Å². The van der Waals surface area contributed by atoms with E-state index >= 15 is 0 Å². The Morgan fingerprint density at radius 3 is 2.43 bits per heavy atom. The summed E-state index contributed by atoms with van der Waals surface area (Å²) in [7, 11) is 1.48. The molecule has 2 amide bonds. The third kappa shape index (κ3) is 3.73. The van der Waals surface area contributed by atoms with Crippen LogP contribution < -0.4 is 10.2 Å². The minimum absolute atomic E-state index is 0.0861. The molecule has 0 saturated heterocycles. The Hall–Kier alpha value is -2.53. The minimum atomic E-state index is -0.771. The molecular formula is C15H13ClN2O3. The minimum Gasteiger partial charge on any atom is -0.508 e. The van der Waals surface area contributed by atoms with E-state index in [0.717, 1.165) is 0 Å². The van der Waals surface area contributed by atoms with Crippen molar-refractivity contribution in [3.05, 3.63) is 53.6 Å². The van der Waals surface area contributed by atoms with Crippen LogP contribution in [0.1, 0.15) is 0 Å². The summed E-state index contributed by atoms with van der Waals surface area (Å²) in [6.07, 6.45) is 0. The second-order valence-corrected chi connectivity index (χ2v) is 4.78. The number of benzene rings is 2. The van der Waals surface area contributed by atoms with Crippen LogP contribution in [-0.2, 0) is 9.59 Å². The van der Waals surface area contributed by atoms with Gasteiger partial charge in [-0.25, -0.2) is 0 Å². The van der Waals surface area contributed by atoms with Crippen molar-refractivity contribution in [1.29, 1.82) is 0 Å². The highest BCUT2D eigenvalue weighted by molar-refractivity contribution is 6.44. The quantitative estimate of drug-likeness (QED) is 0.838. The SMILES string of the molecule is CN(C(=O)C(=O)Nc1cccc(Cl)c1)c1ccc(O)cc1. The topological polar surface area (TPSA) is 69.6 Å². The third-order valence-electron chi connectivity index (χ3n) is 2.82. The molecule has 0 spiro atoms. The average Bonchev–Trinajstić information content (AvgIpc) is 2.46. The molecule has 0 aliphatic rings. The number of carbonyl (C=O) groups excluding carboxylic acids is 2. The smallest absolute Gasteiger partial charge is 0.316 e. The van der Waals surface area contributed by atoms with Crippen molar-refractivity contribution in [3.63, 3.8) is 0 Å². The number of phenols is 1. The maximum Gasteiger partial charge on any atom is 0.316 e. The fourth-order valence-electron chi connectivity index (χ4n) is 1.70. The number of rotatable bonds is 2. The van der Waals surface area contributed by atoms with Crippen LogP contribution in [-0.4, -0.2) is 24.0 Å². The lowest BCUT2D eigenvalue weighted by Gasteiger charge is -2.16. The Morgan fingerprint density at radius 1 is 1.14 bits per heavy atom. The zero-order valence-electron chi connectivity index (χ0n) is 11.2. The second-order valence-electron chi connectivity index (χ2n) is 4.35. The lowest BCUT2D eigenvalue weighted by Crippen LogP contribution is -2.37. The van der Waals surface area contributed by atoms with Crippen molar-refractivity contribution in [2.75, 3.05) is 17.3 Å². The molecule has 21 heavy (non-hydrogen) atoms. The van der Waals surface area contributed by atoms with E-state index in [9.17, 15) is 14.7 Å². The molecule has 6 heteroatoms. The molecule has 0 bridgehead atoms. The molecule has 2 aromatic carbocycles. The number of nitrogens with zero attached hydrogens (tertiary/aromatic N) is 1. The number of hydrogen-bond donors (Lipinski definition) is 2. The first-order valence-corrected chi connectivity index (χ1v) is 6.49. The Bertz CT molecular complexity index is 671. The van der Waals surface area contributed by atoms with Crippen LogP contribution in [0.3, 0.4) is 0 Å². The van der Waals surface area contributed by atoms with Crippen LogP contribution in [0.2, 0.25) is 5.02 Å². The fourth-order valence-corrected chi connectivity index (χ4v) is 1.89. The van der Waals surface area contributed by atoms with Crippen LogP contribution in [0.4, 0.5) is 11.4 Å². The highest BCUT2D eigenvalue weighted by Gasteiger charge is 2.20. The monoisotopic (exact) mass is 304 g/mol. The molecule has 0 aliphatic heterocycles. The summed E-state index contributed by atoms with van der Waals surface area (Å²) >= 11 is 5.81. The predicted molar refractivity (Wildman–Crippen MR) is 81.6 cm³/mol. The highest BCUT2D eigenvalue weighted by Crippen LogP contribution is 2.18. The van der Waals surface area contributed by atoms with E-state index in [-0.39, 0.29) is 5.75 Å². The van der Waals surface area contributed by atoms with Gasteiger partial charge in [0.15, 0.2) is 0 Å². The summed E-state index contributed by atoms with van der Waals surface area (Å²) in [5.41, 5.74) is 0.944. The molecule has 0 unspecified atom stereocenters. The van der Waals surface area contributed by atoms with E-state index in [1.807, 2.05) is 0 Å². The lowest BCUT2D eigenvalue weighted by molar-refractivity contribution is -0.134. The Kier molecular flexibility index (Phi) is 4.45. The summed E-state index contributed by atoms with van der Waals surface area (Å²) in [4.78, 5) is 25.1. The largest absolute Gasteiger partial charge is 0.508 e. The van der Waals surface area contributed by atoms with Crippen molar-refractivity contribution in [1.82, 2.24) is 0 Å². The Balaban J connectivity index is 2.08. The predicted octanol–water partition coefficient (Wildman–Crippen LogP) is 2.65. The summed E-state index contributed by atoms with van der Waals surface area (Å²) < 4.78 is 0. The van der Waals surface area contributed by atoms with Crippen molar-refractivity contribution >= 4 is 34.8 Å². The zero-order chi connectivity index (χ0) is 15.4. The molecule has 2 N–H and O–H groups in total. The lowest BCUT2D eigenvalue weighted by atomic mass is 10.2. The van der Waals surface area contributed by atoms with Gasteiger partial charge in [-0.3, -0.25) is 9.59 Å². The molecule has 108 valence electrons. The molecule has 0 saturated carbocycles. The van der Waals surface area contributed by atoms with Crippen molar-refractivity contribution < 1.29 is 14.7 Å². The molecule has 0 aromatic heterocycles. The molecular weight excluding hydrogens is 292 g/mol. The zero-order valence-corrected chi connectivity index (χ0v) is 12.0. The van der Waals surface area contributed by atoms with E-state index in [1.54, 1.807) is 36.4 Å². The van der Waals surface area contributed by atoms with Crippen LogP contribution in [0.25, 0.3) is 0 Å². The summed E-state index contributed by atoms with van der Waals surface area (Å²) in [6, 6.07) is 12.5. The van der Waals surface area contributed by atoms with Crippen LogP contribution in [0, 0.1) is 0 Å². The van der Waals surface area contributed by atoms with Gasteiger partial charge in [-0.05, 0) is 42.5 Å². The summed E-state index contributed by atoms with van der Waals surface area (Å²) in [6.45, 7) is 0. The number of phenolic OH excluding ortho intramolecular Hbond substituents is 1. The van der Waals surface area contributed by atoms with Crippen molar-refractivity contribution in [3.8, 4) is 5.75 Å². The standard InChI is InChI=1S/C15H13ClN2O3/c1-18(12-5-7-13(19)8-6-12)15(21)14(20)17-11-4-2-3-10(16)9-11/h2-9,19H,1H3,(H,17,20). The summed E-state index contributed by atoms with van der Waals surface area (Å²) in [5, 5.41) is 12.2. The van der Waals surface area contributed by atoms with Crippen molar-refractivity contribution in [2.45, 2.75) is 0 Å². The number of aromatic hydroxyl groups is 1. The molecule has 2 rings (SSSR count). The Labute approximate surface area is 126 Å². The molecule has 0 radical (unpaired) electrons. The average molecular weight is 305 g/mol. The number of anilines is 2. The van der Waals surface area contributed by atoms with Gasteiger partial charge in [0.25, 0.3) is 0 Å². The molecule has 0 atom stereocenters. The van der Waals surface area contributed by atoms with E-state index in [4.69, 9.17) is 11.6 Å². The number of nitrogens with one attached hydrogen (secondary N) is 1. The number of amides is 2. The first-order valence-electron chi connectivity index (χ1n) is 6.11. The normalized spacial score (nSPS) is 10.0. The van der Waals surface area contributed by atoms with Gasteiger partial charge in [0.05, 0.1) is 0 Å². The van der Waals surface area contributed by atoms with E-state index in [0.29, 0.717) is 16.4 Å². The Morgan fingerprint density at radius 2 is 1.81 bits per heavy atom. The van der Waals surface area contributed by atoms with Gasteiger partial charge in [0.1, 0.15) is 5.75 Å². The maximum absolute atomic E-state index is 12.0. The number of likely N-dealkylation sites (N-methyl/N-ethyl adjacent to an activating group) is 1. The van der Waals surface area contributed by atoms with Gasteiger partial charge in [0.2, 0.25) is 0 Å². The number of carbonyl (C=O) groups is 2. The van der Waals surface area contributed by atoms with E-state index in [1.165, 1.54) is 24.1 Å². The van der Waals surface area contributed by atoms with Gasteiger partial charge in [-0.2, -0.15) is 0 Å². The van der Waals surface area contributed by atoms with Crippen molar-refractivity contribution in [2.24, 2.45) is 0 Å². The maximum atomic E-state index is 12.0. The van der Waals surface area contributed by atoms with Gasteiger partial charge in [-0.15, -0.1) is 0 Å². The summed E-state index contributed by atoms with van der Waals surface area (Å²) in [5.74, 6) is -1.41. The van der Waals surface area contributed by atoms with Crippen LogP contribution in [0.15, 0.2) is 48.5 Å². The molecule has 0 aliphatic carbocycles. The first-order chi connectivity index (χ1) is 9.97. The van der Waals surface area contributed by atoms with Gasteiger partial charge >= 0.3 is 11.8 Å². The van der Waals surface area contributed by atoms with Crippen LogP contribution in [0.5, 0.6) is 5.75 Å². The second kappa shape index (κ2) is 6.28. The molecule has 2 aromatic rings. The molecule has 0 heterocycles.